The van der Waals surface area contributed by atoms with Gasteiger partial charge in [-0.25, -0.2) is 4.99 Å². The van der Waals surface area contributed by atoms with Gasteiger partial charge in [0.1, 0.15) is 11.9 Å². The average molecular weight is 404 g/mol. The lowest BCUT2D eigenvalue weighted by atomic mass is 10.0. The standard InChI is InChI=1S/C21H30ClN5O/c1-4-23-21(24-12-16(2)28-20-8-6-5-7-19(20)22)27-10-9-17(15-27)11-18-13-25-26(3)14-18/h5-8,13-14,16-17H,4,9-12,15H2,1-3H3,(H,23,24). The summed E-state index contributed by atoms with van der Waals surface area (Å²) in [6.45, 7) is 7.59. The molecule has 2 aromatic rings. The molecule has 0 radical (unpaired) electrons. The molecule has 2 atom stereocenters. The third-order valence-electron chi connectivity index (χ3n) is 4.87. The van der Waals surface area contributed by atoms with Crippen LogP contribution in [0.2, 0.25) is 5.02 Å². The summed E-state index contributed by atoms with van der Waals surface area (Å²) in [5, 5.41) is 8.32. The molecule has 0 bridgehead atoms. The molecular weight excluding hydrogens is 374 g/mol. The number of para-hydroxylation sites is 1. The van der Waals surface area contributed by atoms with Gasteiger partial charge in [-0.3, -0.25) is 4.68 Å². The van der Waals surface area contributed by atoms with Crippen molar-refractivity contribution in [2.75, 3.05) is 26.2 Å². The normalized spacial score (nSPS) is 18.4. The molecule has 1 aromatic heterocycles. The van der Waals surface area contributed by atoms with Gasteiger partial charge in [-0.2, -0.15) is 5.10 Å². The van der Waals surface area contributed by atoms with Crippen LogP contribution in [-0.2, 0) is 13.5 Å². The Hall–Kier alpha value is -2.21. The number of ether oxygens (including phenoxy) is 1. The second kappa shape index (κ2) is 9.82. The molecule has 0 spiro atoms. The van der Waals surface area contributed by atoms with E-state index in [1.165, 1.54) is 12.0 Å². The number of likely N-dealkylation sites (tertiary alicyclic amines) is 1. The SMILES string of the molecule is CCNC(=NCC(C)Oc1ccccc1Cl)N1CCC(Cc2cnn(C)c2)C1. The maximum atomic E-state index is 6.18. The zero-order valence-electron chi connectivity index (χ0n) is 16.9. The van der Waals surface area contributed by atoms with Crippen molar-refractivity contribution in [2.45, 2.75) is 32.8 Å². The topological polar surface area (TPSA) is 54.7 Å². The summed E-state index contributed by atoms with van der Waals surface area (Å²) in [7, 11) is 1.96. The summed E-state index contributed by atoms with van der Waals surface area (Å²) < 4.78 is 7.81. The van der Waals surface area contributed by atoms with Crippen molar-refractivity contribution in [1.29, 1.82) is 0 Å². The first-order valence-corrected chi connectivity index (χ1v) is 10.3. The molecule has 6 nitrogen and oxygen atoms in total. The van der Waals surface area contributed by atoms with E-state index < -0.39 is 0 Å². The molecule has 0 saturated carbocycles. The van der Waals surface area contributed by atoms with Crippen LogP contribution >= 0.6 is 11.6 Å². The lowest BCUT2D eigenvalue weighted by Crippen LogP contribution is -2.40. The predicted molar refractivity (Wildman–Crippen MR) is 114 cm³/mol. The van der Waals surface area contributed by atoms with Gasteiger partial charge in [0.2, 0.25) is 0 Å². The number of aryl methyl sites for hydroxylation is 1. The Morgan fingerprint density at radius 2 is 2.25 bits per heavy atom. The molecule has 7 heteroatoms. The van der Waals surface area contributed by atoms with Crippen molar-refractivity contribution >= 4 is 17.6 Å². The van der Waals surface area contributed by atoms with Crippen molar-refractivity contribution in [3.63, 3.8) is 0 Å². The van der Waals surface area contributed by atoms with Crippen molar-refractivity contribution in [1.82, 2.24) is 20.0 Å². The Morgan fingerprint density at radius 3 is 2.96 bits per heavy atom. The molecule has 2 heterocycles. The van der Waals surface area contributed by atoms with Crippen LogP contribution < -0.4 is 10.1 Å². The van der Waals surface area contributed by atoms with Crippen molar-refractivity contribution in [3.05, 3.63) is 47.2 Å². The lowest BCUT2D eigenvalue weighted by Gasteiger charge is -2.22. The Kier molecular flexibility index (Phi) is 7.20. The maximum Gasteiger partial charge on any atom is 0.194 e. The molecule has 2 unspecified atom stereocenters. The number of benzene rings is 1. The van der Waals surface area contributed by atoms with Gasteiger partial charge in [-0.05, 0) is 50.3 Å². The van der Waals surface area contributed by atoms with Gasteiger partial charge in [0.25, 0.3) is 0 Å². The lowest BCUT2D eigenvalue weighted by molar-refractivity contribution is 0.230. The third-order valence-corrected chi connectivity index (χ3v) is 5.18. The fourth-order valence-corrected chi connectivity index (χ4v) is 3.72. The minimum atomic E-state index is -0.0534. The zero-order valence-corrected chi connectivity index (χ0v) is 17.7. The first-order chi connectivity index (χ1) is 13.5. The van der Waals surface area contributed by atoms with Crippen LogP contribution in [-0.4, -0.2) is 52.9 Å². The number of halogens is 1. The number of nitrogens with zero attached hydrogens (tertiary/aromatic N) is 4. The third kappa shape index (κ3) is 5.64. The van der Waals surface area contributed by atoms with E-state index >= 15 is 0 Å². The molecule has 1 aliphatic heterocycles. The van der Waals surface area contributed by atoms with Gasteiger partial charge < -0.3 is 15.0 Å². The quantitative estimate of drug-likeness (QED) is 0.568. The molecule has 1 N–H and O–H groups in total. The molecule has 0 amide bonds. The molecule has 3 rings (SSSR count). The van der Waals surface area contributed by atoms with E-state index in [0.717, 1.165) is 32.0 Å². The van der Waals surface area contributed by atoms with Gasteiger partial charge >= 0.3 is 0 Å². The van der Waals surface area contributed by atoms with Gasteiger partial charge in [0.15, 0.2) is 5.96 Å². The van der Waals surface area contributed by atoms with Crippen LogP contribution in [0.5, 0.6) is 5.75 Å². The van der Waals surface area contributed by atoms with Crippen LogP contribution in [0.1, 0.15) is 25.8 Å². The number of aromatic nitrogens is 2. The highest BCUT2D eigenvalue weighted by Crippen LogP contribution is 2.24. The highest BCUT2D eigenvalue weighted by Gasteiger charge is 2.25. The van der Waals surface area contributed by atoms with E-state index in [4.69, 9.17) is 21.3 Å². The van der Waals surface area contributed by atoms with Gasteiger partial charge in [0, 0.05) is 32.9 Å². The summed E-state index contributed by atoms with van der Waals surface area (Å²) in [5.74, 6) is 2.30. The number of aliphatic imine (C=N–C) groups is 1. The highest BCUT2D eigenvalue weighted by molar-refractivity contribution is 6.32. The summed E-state index contributed by atoms with van der Waals surface area (Å²) in [6, 6.07) is 7.55. The smallest absolute Gasteiger partial charge is 0.194 e. The van der Waals surface area contributed by atoms with Crippen molar-refractivity contribution in [3.8, 4) is 5.75 Å². The largest absolute Gasteiger partial charge is 0.487 e. The van der Waals surface area contributed by atoms with E-state index in [-0.39, 0.29) is 6.10 Å². The molecular formula is C21H30ClN5O. The first-order valence-electron chi connectivity index (χ1n) is 9.97. The summed E-state index contributed by atoms with van der Waals surface area (Å²) >= 11 is 6.18. The molecule has 1 aliphatic rings. The Morgan fingerprint density at radius 1 is 1.43 bits per heavy atom. The van der Waals surface area contributed by atoms with Crippen LogP contribution in [0.4, 0.5) is 0 Å². The highest BCUT2D eigenvalue weighted by atomic mass is 35.5. The van der Waals surface area contributed by atoms with Crippen LogP contribution in [0.25, 0.3) is 0 Å². The van der Waals surface area contributed by atoms with Crippen LogP contribution in [0.15, 0.2) is 41.7 Å². The fraction of sp³-hybridized carbons (Fsp3) is 0.524. The molecule has 28 heavy (non-hydrogen) atoms. The maximum absolute atomic E-state index is 6.18. The summed E-state index contributed by atoms with van der Waals surface area (Å²) in [5.41, 5.74) is 1.30. The molecule has 0 aliphatic carbocycles. The second-order valence-electron chi connectivity index (χ2n) is 7.38. The average Bonchev–Trinajstić information content (AvgIpc) is 3.30. The predicted octanol–water partition coefficient (Wildman–Crippen LogP) is 3.37. The van der Waals surface area contributed by atoms with E-state index in [2.05, 4.69) is 28.4 Å². The van der Waals surface area contributed by atoms with E-state index in [9.17, 15) is 0 Å². The van der Waals surface area contributed by atoms with E-state index in [1.807, 2.05) is 49.1 Å². The summed E-state index contributed by atoms with van der Waals surface area (Å²) in [4.78, 5) is 7.17. The minimum Gasteiger partial charge on any atom is -0.487 e. The Bertz CT molecular complexity index is 791. The van der Waals surface area contributed by atoms with Crippen LogP contribution in [0, 0.1) is 5.92 Å². The first kappa shape index (κ1) is 20.5. The number of rotatable bonds is 7. The molecule has 1 saturated heterocycles. The van der Waals surface area contributed by atoms with Crippen molar-refractivity contribution < 1.29 is 4.74 Å². The minimum absolute atomic E-state index is 0.0534. The van der Waals surface area contributed by atoms with E-state index in [0.29, 0.717) is 23.2 Å². The van der Waals surface area contributed by atoms with Crippen molar-refractivity contribution in [2.24, 2.45) is 18.0 Å². The van der Waals surface area contributed by atoms with E-state index in [1.54, 1.807) is 0 Å². The molecule has 1 aromatic carbocycles. The number of nitrogens with one attached hydrogen (secondary N) is 1. The fourth-order valence-electron chi connectivity index (χ4n) is 3.54. The number of hydrogen-bond donors (Lipinski definition) is 1. The Labute approximate surface area is 172 Å². The number of hydrogen-bond acceptors (Lipinski definition) is 3. The monoisotopic (exact) mass is 403 g/mol. The van der Waals surface area contributed by atoms with Gasteiger partial charge in [-0.15, -0.1) is 0 Å². The van der Waals surface area contributed by atoms with Crippen LogP contribution in [0.3, 0.4) is 0 Å². The second-order valence-corrected chi connectivity index (χ2v) is 7.79. The van der Waals surface area contributed by atoms with Gasteiger partial charge in [-0.1, -0.05) is 23.7 Å². The molecule has 152 valence electrons. The Balaban J connectivity index is 1.55. The number of guanidine groups is 1. The zero-order chi connectivity index (χ0) is 19.9. The molecule has 1 fully saturated rings. The van der Waals surface area contributed by atoms with Gasteiger partial charge in [0.05, 0.1) is 17.8 Å². The summed E-state index contributed by atoms with van der Waals surface area (Å²) in [6.07, 6.45) is 6.26.